The molecule has 4 N–H and O–H groups in total. The highest BCUT2D eigenvalue weighted by Crippen LogP contribution is 2.19. The number of unbranched alkanes of at least 4 members (excludes halogenated alkanes) is 1. The molecule has 1 unspecified atom stereocenters. The molecule has 0 saturated heterocycles. The predicted octanol–water partition coefficient (Wildman–Crippen LogP) is 3.93. The van der Waals surface area contributed by atoms with Crippen molar-refractivity contribution in [2.45, 2.75) is 58.5 Å². The number of aromatic amines is 1. The van der Waals surface area contributed by atoms with E-state index in [1.807, 2.05) is 43.8 Å². The maximum absolute atomic E-state index is 6.41. The average Bonchev–Trinajstić information content (AvgIpc) is 3.21. The highest BCUT2D eigenvalue weighted by atomic mass is 15.1. The van der Waals surface area contributed by atoms with Crippen LogP contribution in [-0.4, -0.2) is 35.8 Å². The van der Waals surface area contributed by atoms with Crippen LogP contribution in [0.1, 0.15) is 51.5 Å². The molecule has 0 aromatic carbocycles. The van der Waals surface area contributed by atoms with Crippen molar-refractivity contribution in [3.05, 3.63) is 95.1 Å². The number of hydrogen-bond donors (Lipinski definition) is 3. The molecule has 2 aromatic rings. The van der Waals surface area contributed by atoms with Gasteiger partial charge in [0.2, 0.25) is 0 Å². The highest BCUT2D eigenvalue weighted by molar-refractivity contribution is 6.28. The number of allylic oxidation sites excluding steroid dienone is 3. The Balaban J connectivity index is 2.30. The topological polar surface area (TPSA) is 70.0 Å². The molecule has 0 fully saturated rings. The first-order chi connectivity index (χ1) is 16.8. The van der Waals surface area contributed by atoms with Crippen molar-refractivity contribution in [3.63, 3.8) is 0 Å². The maximum atomic E-state index is 6.41. The number of nitrogens with two attached hydrogens (primary N) is 1. The first-order valence-corrected chi connectivity index (χ1v) is 12.5. The van der Waals surface area contributed by atoms with E-state index in [1.165, 1.54) is 29.5 Å². The number of nitrogens with zero attached hydrogens (tertiary/aromatic N) is 2. The molecule has 5 nitrogen and oxygen atoms in total. The minimum absolute atomic E-state index is 0.208. The minimum atomic E-state index is 0.208. The second kappa shape index (κ2) is 14.2. The van der Waals surface area contributed by atoms with Crippen molar-refractivity contribution in [1.82, 2.24) is 14.9 Å². The Morgan fingerprint density at radius 3 is 2.66 bits per heavy atom. The van der Waals surface area contributed by atoms with Crippen LogP contribution < -0.4 is 21.6 Å². The Morgan fingerprint density at radius 2 is 2.03 bits per heavy atom. The van der Waals surface area contributed by atoms with E-state index in [1.54, 1.807) is 0 Å². The second-order valence-electron chi connectivity index (χ2n) is 9.11. The number of H-pyrrole nitrogens is 1. The Morgan fingerprint density at radius 1 is 1.31 bits per heavy atom. The number of aromatic nitrogens is 2. The zero-order chi connectivity index (χ0) is 25.8. The van der Waals surface area contributed by atoms with Crippen LogP contribution in [0.25, 0.3) is 12.2 Å². The van der Waals surface area contributed by atoms with E-state index in [4.69, 9.17) is 5.73 Å². The first-order valence-electron chi connectivity index (χ1n) is 12.5. The van der Waals surface area contributed by atoms with Crippen molar-refractivity contribution in [3.8, 4) is 0 Å². The van der Waals surface area contributed by atoms with Gasteiger partial charge in [-0.3, -0.25) is 4.98 Å². The van der Waals surface area contributed by atoms with E-state index in [9.17, 15) is 0 Å². The van der Waals surface area contributed by atoms with Crippen LogP contribution >= 0.6 is 0 Å². The summed E-state index contributed by atoms with van der Waals surface area (Å²) in [5.41, 5.74) is 12.8. The molecular weight excluding hydrogens is 429 g/mol. The molecule has 0 bridgehead atoms. The second-order valence-corrected chi connectivity index (χ2v) is 9.11. The zero-order valence-corrected chi connectivity index (χ0v) is 22.0. The molecule has 0 saturated carbocycles. The summed E-state index contributed by atoms with van der Waals surface area (Å²) in [6.07, 6.45) is 16.9. The maximum Gasteiger partial charge on any atom is 0.139 e. The molecule has 2 heterocycles. The molecule has 186 valence electrons. The number of rotatable bonds is 14. The highest BCUT2D eigenvalue weighted by Gasteiger charge is 2.12. The van der Waals surface area contributed by atoms with Gasteiger partial charge in [-0.1, -0.05) is 57.1 Å². The molecule has 0 amide bonds. The molecule has 1 atom stereocenters. The fraction of sp³-hybridized carbons (Fsp3) is 0.345. The monoisotopic (exact) mass is 471 g/mol. The summed E-state index contributed by atoms with van der Waals surface area (Å²) in [5, 5.41) is 5.49. The smallest absolute Gasteiger partial charge is 0.139 e. The van der Waals surface area contributed by atoms with Gasteiger partial charge in [0.1, 0.15) is 7.85 Å². The Kier molecular flexibility index (Phi) is 11.4. The molecular formula is C29H42BN5. The lowest BCUT2D eigenvalue weighted by Crippen LogP contribution is -2.28. The van der Waals surface area contributed by atoms with E-state index in [0.29, 0.717) is 0 Å². The van der Waals surface area contributed by atoms with Gasteiger partial charge in [0.25, 0.3) is 0 Å². The quantitative estimate of drug-likeness (QED) is 0.289. The van der Waals surface area contributed by atoms with Crippen LogP contribution in [0.2, 0.25) is 0 Å². The van der Waals surface area contributed by atoms with Crippen LogP contribution in [-0.2, 0) is 6.54 Å². The fourth-order valence-electron chi connectivity index (χ4n) is 4.09. The van der Waals surface area contributed by atoms with Crippen molar-refractivity contribution in [1.29, 1.82) is 0 Å². The fourth-order valence-corrected chi connectivity index (χ4v) is 4.09. The van der Waals surface area contributed by atoms with Crippen molar-refractivity contribution in [2.75, 3.05) is 12.4 Å². The molecule has 2 aromatic heterocycles. The van der Waals surface area contributed by atoms with Crippen LogP contribution in [0.4, 0.5) is 5.69 Å². The third-order valence-electron chi connectivity index (χ3n) is 6.26. The van der Waals surface area contributed by atoms with Gasteiger partial charge >= 0.3 is 0 Å². The molecule has 0 aliphatic heterocycles. The van der Waals surface area contributed by atoms with Crippen LogP contribution in [0, 0.1) is 0 Å². The summed E-state index contributed by atoms with van der Waals surface area (Å²) in [6, 6.07) is 4.24. The number of pyridine rings is 1. The van der Waals surface area contributed by atoms with Gasteiger partial charge in [-0.25, -0.2) is 0 Å². The lowest BCUT2D eigenvalue weighted by atomic mass is 9.83. The lowest BCUT2D eigenvalue weighted by Gasteiger charge is -2.18. The standard InChI is InChI=1S/C29H42BN5/c1-7-10-11-25(31)12-13-26(27(30)9-3)29-22(5)33-18-28(29)34-21(4)24(8-2)20-35(6)19-23-14-16-32-17-15-23/h8-9,14-18,20,25,33-34H,2,4-5,7,10-13,19,30-31H2,1,3,6H3/b24-20+,27-9+,29-26+. The average molecular weight is 472 g/mol. The summed E-state index contributed by atoms with van der Waals surface area (Å²) >= 11 is 0. The van der Waals surface area contributed by atoms with Gasteiger partial charge < -0.3 is 20.9 Å². The number of anilines is 1. The normalized spacial score (nSPS) is 13.8. The van der Waals surface area contributed by atoms with E-state index in [-0.39, 0.29) is 6.04 Å². The number of nitrogens with one attached hydrogen (secondary N) is 2. The summed E-state index contributed by atoms with van der Waals surface area (Å²) in [5.74, 6) is 0. The van der Waals surface area contributed by atoms with Gasteiger partial charge in [-0.05, 0) is 49.5 Å². The van der Waals surface area contributed by atoms with Gasteiger partial charge in [-0.15, -0.1) is 0 Å². The van der Waals surface area contributed by atoms with Crippen molar-refractivity contribution in [2.24, 2.45) is 5.73 Å². The van der Waals surface area contributed by atoms with E-state index < -0.39 is 0 Å². The minimum Gasteiger partial charge on any atom is -0.376 e. The molecule has 0 aliphatic carbocycles. The molecule has 0 radical (unpaired) electrons. The number of hydrogen-bond acceptors (Lipinski definition) is 4. The SMILES string of the molecule is BC(=C/C)/C(CCC(N)CCCC)=c1/c(NC(=C)/C(C=C)=C/N(C)Cc2ccncc2)c[nH]c1=C. The molecule has 35 heavy (non-hydrogen) atoms. The predicted molar refractivity (Wildman–Crippen MR) is 155 cm³/mol. The molecule has 0 spiro atoms. The van der Waals surface area contributed by atoms with Gasteiger partial charge in [-0.2, -0.15) is 0 Å². The third kappa shape index (κ3) is 8.48. The van der Waals surface area contributed by atoms with Crippen LogP contribution in [0.15, 0.2) is 79.0 Å². The molecule has 6 heteroatoms. The van der Waals surface area contributed by atoms with Gasteiger partial charge in [0.15, 0.2) is 0 Å². The Hall–Kier alpha value is -3.25. The van der Waals surface area contributed by atoms with Crippen molar-refractivity contribution < 1.29 is 0 Å². The summed E-state index contributed by atoms with van der Waals surface area (Å²) in [4.78, 5) is 9.50. The van der Waals surface area contributed by atoms with Crippen molar-refractivity contribution >= 4 is 25.7 Å². The zero-order valence-electron chi connectivity index (χ0n) is 22.0. The summed E-state index contributed by atoms with van der Waals surface area (Å²) < 4.78 is 0. The van der Waals surface area contributed by atoms with Crippen LogP contribution in [0.5, 0.6) is 0 Å². The van der Waals surface area contributed by atoms with E-state index >= 15 is 0 Å². The lowest BCUT2D eigenvalue weighted by molar-refractivity contribution is 0.448. The summed E-state index contributed by atoms with van der Waals surface area (Å²) in [7, 11) is 4.19. The Bertz CT molecular complexity index is 1140. The molecule has 0 aliphatic rings. The largest absolute Gasteiger partial charge is 0.376 e. The van der Waals surface area contributed by atoms with E-state index in [2.05, 4.69) is 73.9 Å². The molecule has 2 rings (SSSR count). The van der Waals surface area contributed by atoms with Gasteiger partial charge in [0, 0.05) is 66.3 Å². The van der Waals surface area contributed by atoms with Gasteiger partial charge in [0.05, 0.1) is 5.69 Å². The summed E-state index contributed by atoms with van der Waals surface area (Å²) in [6.45, 7) is 17.6. The first kappa shape index (κ1) is 28.0. The van der Waals surface area contributed by atoms with E-state index in [0.717, 1.165) is 53.3 Å². The Labute approximate surface area is 212 Å². The van der Waals surface area contributed by atoms with Crippen LogP contribution in [0.3, 0.4) is 0 Å². The third-order valence-corrected chi connectivity index (χ3v) is 6.26.